The molecule has 0 spiro atoms. The number of ether oxygens (including phenoxy) is 1. The van der Waals surface area contributed by atoms with Gasteiger partial charge in [-0.2, -0.15) is 5.26 Å². The second-order valence-electron chi connectivity index (χ2n) is 8.88. The smallest absolute Gasteiger partial charge is 0.162 e. The van der Waals surface area contributed by atoms with Crippen LogP contribution in [0.15, 0.2) is 77.1 Å². The van der Waals surface area contributed by atoms with Crippen LogP contribution in [-0.4, -0.2) is 5.78 Å². The number of Topliss-reactive ketones (excluding diaryl/α,β-unsaturated/α-hetero) is 1. The minimum atomic E-state index is -0.321. The lowest BCUT2D eigenvalue weighted by molar-refractivity contribution is -0.118. The van der Waals surface area contributed by atoms with Gasteiger partial charge in [-0.05, 0) is 42.0 Å². The molecule has 4 rings (SSSR count). The van der Waals surface area contributed by atoms with E-state index in [0.29, 0.717) is 18.6 Å². The van der Waals surface area contributed by atoms with Gasteiger partial charge in [0.25, 0.3) is 0 Å². The third kappa shape index (κ3) is 3.89. The number of carbonyl (C=O) groups is 1. The van der Waals surface area contributed by atoms with E-state index in [1.807, 2.05) is 61.5 Å². The fraction of sp³-hybridized carbons (Fsp3) is 0.308. The van der Waals surface area contributed by atoms with E-state index >= 15 is 0 Å². The van der Waals surface area contributed by atoms with E-state index in [9.17, 15) is 10.1 Å². The predicted molar refractivity (Wildman–Crippen MR) is 116 cm³/mol. The van der Waals surface area contributed by atoms with Gasteiger partial charge in [-0.1, -0.05) is 56.3 Å². The molecule has 2 aromatic rings. The Labute approximate surface area is 177 Å². The molecule has 0 saturated heterocycles. The summed E-state index contributed by atoms with van der Waals surface area (Å²) >= 11 is 0. The van der Waals surface area contributed by atoms with Gasteiger partial charge < -0.3 is 10.1 Å². The van der Waals surface area contributed by atoms with Crippen molar-refractivity contribution in [2.24, 2.45) is 5.41 Å². The zero-order valence-corrected chi connectivity index (χ0v) is 17.7. The first kappa shape index (κ1) is 20.0. The molecular weight excluding hydrogens is 372 g/mol. The van der Waals surface area contributed by atoms with Gasteiger partial charge in [0.1, 0.15) is 12.4 Å². The molecule has 1 N–H and O–H groups in total. The number of nitrogens with zero attached hydrogens (tertiary/aromatic N) is 1. The SMILES string of the molecule is CC1=C(C#N)[C@@H](c2ccc(OCc3ccccc3)cc2)C2=C(CC(C)(C)CC2=O)N1. The van der Waals surface area contributed by atoms with E-state index in [0.717, 1.165) is 40.3 Å². The normalized spacial score (nSPS) is 20.3. The maximum absolute atomic E-state index is 13.1. The molecule has 2 aromatic carbocycles. The molecule has 152 valence electrons. The first-order chi connectivity index (χ1) is 14.4. The van der Waals surface area contributed by atoms with E-state index in [1.54, 1.807) is 0 Å². The van der Waals surface area contributed by atoms with Crippen molar-refractivity contribution in [3.63, 3.8) is 0 Å². The zero-order valence-electron chi connectivity index (χ0n) is 17.7. The van der Waals surface area contributed by atoms with Gasteiger partial charge in [0, 0.05) is 23.4 Å². The fourth-order valence-electron chi connectivity index (χ4n) is 4.41. The van der Waals surface area contributed by atoms with Gasteiger partial charge in [0.2, 0.25) is 0 Å². The molecule has 0 unspecified atom stereocenters. The molecule has 1 aliphatic carbocycles. The summed E-state index contributed by atoms with van der Waals surface area (Å²) in [7, 11) is 0. The standard InChI is InChI=1S/C26H26N2O2/c1-17-21(15-27)24(25-22(28-17)13-26(2,3)14-23(25)29)19-9-11-20(12-10-19)30-16-18-7-5-4-6-8-18/h4-12,24,28H,13-14,16H2,1-3H3/t24-/m1/s1. The van der Waals surface area contributed by atoms with Crippen LogP contribution in [0.25, 0.3) is 0 Å². The number of nitrogens with one attached hydrogen (secondary N) is 1. The largest absolute Gasteiger partial charge is 0.489 e. The second kappa shape index (κ2) is 7.84. The van der Waals surface area contributed by atoms with Crippen LogP contribution in [0.2, 0.25) is 0 Å². The van der Waals surface area contributed by atoms with Crippen LogP contribution in [0.1, 0.15) is 50.7 Å². The van der Waals surface area contributed by atoms with E-state index in [-0.39, 0.29) is 17.1 Å². The van der Waals surface area contributed by atoms with Crippen molar-refractivity contribution in [1.29, 1.82) is 5.26 Å². The average molecular weight is 399 g/mol. The summed E-state index contributed by atoms with van der Waals surface area (Å²) in [6.07, 6.45) is 1.30. The molecular formula is C26H26N2O2. The quantitative estimate of drug-likeness (QED) is 0.750. The summed E-state index contributed by atoms with van der Waals surface area (Å²) in [5, 5.41) is 13.2. The molecule has 0 fully saturated rings. The average Bonchev–Trinajstić information content (AvgIpc) is 2.71. The number of allylic oxidation sites excluding steroid dienone is 4. The number of dihydropyridines is 1. The molecule has 0 amide bonds. The Morgan fingerprint density at radius 3 is 2.47 bits per heavy atom. The summed E-state index contributed by atoms with van der Waals surface area (Å²) in [5.41, 5.74) is 5.12. The molecule has 1 heterocycles. The van der Waals surface area contributed by atoms with Crippen molar-refractivity contribution < 1.29 is 9.53 Å². The zero-order chi connectivity index (χ0) is 21.3. The van der Waals surface area contributed by atoms with E-state index in [1.165, 1.54) is 0 Å². The molecule has 0 saturated carbocycles. The Morgan fingerprint density at radius 2 is 1.80 bits per heavy atom. The Bertz CT molecular complexity index is 1070. The highest BCUT2D eigenvalue weighted by molar-refractivity contribution is 6.00. The molecule has 4 heteroatoms. The lowest BCUT2D eigenvalue weighted by atomic mass is 9.69. The molecule has 1 aliphatic heterocycles. The van der Waals surface area contributed by atoms with Crippen LogP contribution < -0.4 is 10.1 Å². The topological polar surface area (TPSA) is 62.1 Å². The lowest BCUT2D eigenvalue weighted by Crippen LogP contribution is -2.36. The third-order valence-corrected chi connectivity index (χ3v) is 5.82. The van der Waals surface area contributed by atoms with E-state index in [4.69, 9.17) is 4.74 Å². The van der Waals surface area contributed by atoms with Gasteiger partial charge in [-0.15, -0.1) is 0 Å². The predicted octanol–water partition coefficient (Wildman–Crippen LogP) is 5.39. The minimum absolute atomic E-state index is 0.0764. The maximum Gasteiger partial charge on any atom is 0.162 e. The molecule has 0 bridgehead atoms. The molecule has 1 atom stereocenters. The van der Waals surface area contributed by atoms with Gasteiger partial charge in [-0.25, -0.2) is 0 Å². The number of rotatable bonds is 4. The number of benzene rings is 2. The van der Waals surface area contributed by atoms with Crippen LogP contribution in [0.5, 0.6) is 5.75 Å². The summed E-state index contributed by atoms with van der Waals surface area (Å²) in [6.45, 7) is 6.64. The monoisotopic (exact) mass is 398 g/mol. The van der Waals surface area contributed by atoms with Gasteiger partial charge in [0.15, 0.2) is 5.78 Å². The number of nitriles is 1. The van der Waals surface area contributed by atoms with Crippen molar-refractivity contribution in [1.82, 2.24) is 5.32 Å². The Morgan fingerprint density at radius 1 is 1.10 bits per heavy atom. The lowest BCUT2D eigenvalue weighted by Gasteiger charge is -2.38. The van der Waals surface area contributed by atoms with Crippen LogP contribution in [0.3, 0.4) is 0 Å². The highest BCUT2D eigenvalue weighted by Gasteiger charge is 2.41. The molecule has 30 heavy (non-hydrogen) atoms. The van der Waals surface area contributed by atoms with E-state index in [2.05, 4.69) is 25.2 Å². The van der Waals surface area contributed by atoms with Gasteiger partial charge in [-0.3, -0.25) is 4.79 Å². The number of hydrogen-bond acceptors (Lipinski definition) is 4. The molecule has 0 aromatic heterocycles. The maximum atomic E-state index is 13.1. The van der Waals surface area contributed by atoms with Gasteiger partial charge in [0.05, 0.1) is 17.6 Å². The van der Waals surface area contributed by atoms with Crippen LogP contribution in [0, 0.1) is 16.7 Å². The number of carbonyl (C=O) groups excluding carboxylic acids is 1. The van der Waals surface area contributed by atoms with E-state index < -0.39 is 0 Å². The highest BCUT2D eigenvalue weighted by Crippen LogP contribution is 2.46. The highest BCUT2D eigenvalue weighted by atomic mass is 16.5. The number of hydrogen-bond donors (Lipinski definition) is 1. The summed E-state index contributed by atoms with van der Waals surface area (Å²) < 4.78 is 5.90. The van der Waals surface area contributed by atoms with Crippen molar-refractivity contribution in [3.05, 3.63) is 88.3 Å². The van der Waals surface area contributed by atoms with Crippen molar-refractivity contribution in [2.75, 3.05) is 0 Å². The summed E-state index contributed by atoms with van der Waals surface area (Å²) in [4.78, 5) is 13.1. The molecule has 4 nitrogen and oxygen atoms in total. The van der Waals surface area contributed by atoms with Crippen molar-refractivity contribution in [2.45, 2.75) is 46.1 Å². The van der Waals surface area contributed by atoms with Crippen LogP contribution in [0.4, 0.5) is 0 Å². The first-order valence-corrected chi connectivity index (χ1v) is 10.3. The number of ketones is 1. The van der Waals surface area contributed by atoms with Crippen LogP contribution in [-0.2, 0) is 11.4 Å². The summed E-state index contributed by atoms with van der Waals surface area (Å²) in [6, 6.07) is 20.1. The van der Waals surface area contributed by atoms with Gasteiger partial charge >= 0.3 is 0 Å². The third-order valence-electron chi connectivity index (χ3n) is 5.82. The second-order valence-corrected chi connectivity index (χ2v) is 8.88. The first-order valence-electron chi connectivity index (χ1n) is 10.3. The Hall–Kier alpha value is -3.32. The van der Waals surface area contributed by atoms with Crippen molar-refractivity contribution in [3.8, 4) is 11.8 Å². The minimum Gasteiger partial charge on any atom is -0.489 e. The molecule has 2 aliphatic rings. The Kier molecular flexibility index (Phi) is 5.22. The fourth-order valence-corrected chi connectivity index (χ4v) is 4.41. The Balaban J connectivity index is 1.63. The molecule has 0 radical (unpaired) electrons. The van der Waals surface area contributed by atoms with Crippen molar-refractivity contribution >= 4 is 5.78 Å². The summed E-state index contributed by atoms with van der Waals surface area (Å²) in [5.74, 6) is 0.572. The van der Waals surface area contributed by atoms with Crippen LogP contribution >= 0.6 is 0 Å².